The van der Waals surface area contributed by atoms with Crippen LogP contribution in [0.15, 0.2) is 42.5 Å². The molecular formula is C17H12F4N4. The molecule has 0 bridgehead atoms. The van der Waals surface area contributed by atoms with Crippen molar-refractivity contribution < 1.29 is 17.6 Å². The number of aromatic nitrogens is 2. The van der Waals surface area contributed by atoms with E-state index in [4.69, 9.17) is 0 Å². The molecule has 0 unspecified atom stereocenters. The maximum Gasteiger partial charge on any atom is 0.160 e. The zero-order chi connectivity index (χ0) is 18.0. The molecular weight excluding hydrogens is 336 g/mol. The van der Waals surface area contributed by atoms with Crippen LogP contribution in [0.4, 0.5) is 40.6 Å². The summed E-state index contributed by atoms with van der Waals surface area (Å²) in [5, 5.41) is 5.34. The van der Waals surface area contributed by atoms with Gasteiger partial charge in [-0.2, -0.15) is 0 Å². The number of nitrogens with zero attached hydrogens (tertiary/aromatic N) is 2. The second-order valence-corrected chi connectivity index (χ2v) is 5.16. The van der Waals surface area contributed by atoms with Gasteiger partial charge in [-0.1, -0.05) is 6.07 Å². The summed E-state index contributed by atoms with van der Waals surface area (Å²) in [4.78, 5) is 8.16. The van der Waals surface area contributed by atoms with Crippen LogP contribution in [0.5, 0.6) is 0 Å². The zero-order valence-electron chi connectivity index (χ0n) is 12.9. The van der Waals surface area contributed by atoms with Crippen molar-refractivity contribution in [2.45, 2.75) is 6.92 Å². The SMILES string of the molecule is Cc1nc(Nc2ccc(F)c(F)c2)cc(Nc2c(F)cccc2F)n1. The lowest BCUT2D eigenvalue weighted by Crippen LogP contribution is -2.04. The fraction of sp³-hybridized carbons (Fsp3) is 0.0588. The van der Waals surface area contributed by atoms with Gasteiger partial charge in [0.25, 0.3) is 0 Å². The molecule has 0 atom stereocenters. The fourth-order valence-corrected chi connectivity index (χ4v) is 2.16. The van der Waals surface area contributed by atoms with E-state index in [9.17, 15) is 17.6 Å². The van der Waals surface area contributed by atoms with Crippen molar-refractivity contribution in [3.8, 4) is 0 Å². The summed E-state index contributed by atoms with van der Waals surface area (Å²) in [7, 11) is 0. The number of para-hydroxylation sites is 1. The van der Waals surface area contributed by atoms with Crippen molar-refractivity contribution in [1.29, 1.82) is 0 Å². The van der Waals surface area contributed by atoms with Crippen LogP contribution in [0.3, 0.4) is 0 Å². The van der Waals surface area contributed by atoms with Crippen LogP contribution < -0.4 is 10.6 Å². The second-order valence-electron chi connectivity index (χ2n) is 5.16. The van der Waals surface area contributed by atoms with Gasteiger partial charge in [-0.05, 0) is 31.2 Å². The van der Waals surface area contributed by atoms with Crippen molar-refractivity contribution in [3.63, 3.8) is 0 Å². The van der Waals surface area contributed by atoms with E-state index in [1.165, 1.54) is 18.2 Å². The van der Waals surface area contributed by atoms with E-state index in [-0.39, 0.29) is 23.0 Å². The fourth-order valence-electron chi connectivity index (χ4n) is 2.16. The van der Waals surface area contributed by atoms with Gasteiger partial charge in [-0.25, -0.2) is 27.5 Å². The van der Waals surface area contributed by atoms with Crippen molar-refractivity contribution in [3.05, 3.63) is 71.6 Å². The number of hydrogen-bond donors (Lipinski definition) is 2. The van der Waals surface area contributed by atoms with E-state index >= 15 is 0 Å². The Morgan fingerprint density at radius 2 is 1.36 bits per heavy atom. The van der Waals surface area contributed by atoms with E-state index in [1.54, 1.807) is 6.92 Å². The molecule has 0 spiro atoms. The molecule has 8 heteroatoms. The summed E-state index contributed by atoms with van der Waals surface area (Å²) in [5.41, 5.74) is -0.0839. The molecule has 25 heavy (non-hydrogen) atoms. The predicted octanol–water partition coefficient (Wildman–Crippen LogP) is 4.83. The molecule has 1 aromatic heterocycles. The maximum atomic E-state index is 13.7. The van der Waals surface area contributed by atoms with Gasteiger partial charge in [0, 0.05) is 17.8 Å². The molecule has 0 aliphatic carbocycles. The average Bonchev–Trinajstić information content (AvgIpc) is 2.54. The third-order valence-electron chi connectivity index (χ3n) is 3.25. The number of aryl methyl sites for hydroxylation is 1. The summed E-state index contributed by atoms with van der Waals surface area (Å²) >= 11 is 0. The Hall–Kier alpha value is -3.16. The third-order valence-corrected chi connectivity index (χ3v) is 3.25. The van der Waals surface area contributed by atoms with Crippen molar-refractivity contribution in [1.82, 2.24) is 9.97 Å². The summed E-state index contributed by atoms with van der Waals surface area (Å²) in [5.74, 6) is -2.83. The van der Waals surface area contributed by atoms with Crippen LogP contribution in [0, 0.1) is 30.2 Å². The highest BCUT2D eigenvalue weighted by molar-refractivity contribution is 5.63. The highest BCUT2D eigenvalue weighted by Crippen LogP contribution is 2.24. The summed E-state index contributed by atoms with van der Waals surface area (Å²) in [6.45, 7) is 1.58. The van der Waals surface area contributed by atoms with E-state index < -0.39 is 23.3 Å². The predicted molar refractivity (Wildman–Crippen MR) is 86.1 cm³/mol. The molecule has 0 saturated heterocycles. The average molecular weight is 348 g/mol. The number of nitrogens with one attached hydrogen (secondary N) is 2. The van der Waals surface area contributed by atoms with E-state index in [2.05, 4.69) is 20.6 Å². The molecule has 128 valence electrons. The number of halogens is 4. The highest BCUT2D eigenvalue weighted by atomic mass is 19.2. The van der Waals surface area contributed by atoms with Gasteiger partial charge >= 0.3 is 0 Å². The molecule has 0 aliphatic rings. The van der Waals surface area contributed by atoms with Crippen LogP contribution >= 0.6 is 0 Å². The molecule has 3 rings (SSSR count). The van der Waals surface area contributed by atoms with Gasteiger partial charge in [-0.3, -0.25) is 0 Å². The molecule has 0 fully saturated rings. The third kappa shape index (κ3) is 3.85. The molecule has 0 saturated carbocycles. The zero-order valence-corrected chi connectivity index (χ0v) is 12.9. The van der Waals surface area contributed by atoms with E-state index in [0.29, 0.717) is 5.82 Å². The summed E-state index contributed by atoms with van der Waals surface area (Å²) in [6, 6.07) is 8.13. The Kier molecular flexibility index (Phi) is 4.51. The Balaban J connectivity index is 1.89. The second kappa shape index (κ2) is 6.76. The highest BCUT2D eigenvalue weighted by Gasteiger charge is 2.11. The van der Waals surface area contributed by atoms with Gasteiger partial charge < -0.3 is 10.6 Å². The largest absolute Gasteiger partial charge is 0.340 e. The van der Waals surface area contributed by atoms with Crippen LogP contribution in [-0.2, 0) is 0 Å². The minimum Gasteiger partial charge on any atom is -0.340 e. The van der Waals surface area contributed by atoms with Gasteiger partial charge in [0.2, 0.25) is 0 Å². The lowest BCUT2D eigenvalue weighted by atomic mass is 10.3. The smallest absolute Gasteiger partial charge is 0.160 e. The molecule has 4 nitrogen and oxygen atoms in total. The molecule has 0 aliphatic heterocycles. The van der Waals surface area contributed by atoms with Gasteiger partial charge in [-0.15, -0.1) is 0 Å². The van der Waals surface area contributed by atoms with Crippen LogP contribution in [0.25, 0.3) is 0 Å². The number of anilines is 4. The summed E-state index contributed by atoms with van der Waals surface area (Å²) < 4.78 is 53.7. The van der Waals surface area contributed by atoms with Gasteiger partial charge in [0.05, 0.1) is 0 Å². The van der Waals surface area contributed by atoms with Crippen LogP contribution in [0.2, 0.25) is 0 Å². The molecule has 2 N–H and O–H groups in total. The quantitative estimate of drug-likeness (QED) is 0.663. The van der Waals surface area contributed by atoms with Crippen molar-refractivity contribution in [2.24, 2.45) is 0 Å². The number of benzene rings is 2. The minimum absolute atomic E-state index is 0.140. The topological polar surface area (TPSA) is 49.8 Å². The lowest BCUT2D eigenvalue weighted by molar-refractivity contribution is 0.509. The summed E-state index contributed by atoms with van der Waals surface area (Å²) in [6.07, 6.45) is 0. The monoisotopic (exact) mass is 348 g/mol. The Morgan fingerprint density at radius 1 is 0.720 bits per heavy atom. The van der Waals surface area contributed by atoms with Gasteiger partial charge in [0.15, 0.2) is 11.6 Å². The lowest BCUT2D eigenvalue weighted by Gasteiger charge is -2.11. The first-order valence-corrected chi connectivity index (χ1v) is 7.21. The molecule has 1 heterocycles. The van der Waals surface area contributed by atoms with Crippen molar-refractivity contribution >= 4 is 23.0 Å². The van der Waals surface area contributed by atoms with Crippen LogP contribution in [-0.4, -0.2) is 9.97 Å². The molecule has 2 aromatic carbocycles. The molecule has 3 aromatic rings. The van der Waals surface area contributed by atoms with Crippen LogP contribution in [0.1, 0.15) is 5.82 Å². The van der Waals surface area contributed by atoms with Gasteiger partial charge in [0.1, 0.15) is 34.8 Å². The molecule has 0 radical (unpaired) electrons. The Bertz CT molecular complexity index is 910. The number of hydrogen-bond acceptors (Lipinski definition) is 4. The normalized spacial score (nSPS) is 10.6. The Labute approximate surface area is 140 Å². The first-order chi connectivity index (χ1) is 11.9. The van der Waals surface area contributed by atoms with E-state index in [1.807, 2.05) is 0 Å². The van der Waals surface area contributed by atoms with Crippen molar-refractivity contribution in [2.75, 3.05) is 10.6 Å². The molecule has 0 amide bonds. The van der Waals surface area contributed by atoms with E-state index in [0.717, 1.165) is 24.3 Å². The first kappa shape index (κ1) is 16.7. The maximum absolute atomic E-state index is 13.7. The first-order valence-electron chi connectivity index (χ1n) is 7.21. The number of rotatable bonds is 4. The Morgan fingerprint density at radius 3 is 2.00 bits per heavy atom. The minimum atomic E-state index is -1.01. The standard InChI is InChI=1S/C17H12F4N4/c1-9-22-15(24-10-5-6-11(18)14(21)7-10)8-16(23-9)25-17-12(19)3-2-4-13(17)20/h2-8H,1H3,(H2,22,23,24,25).